The minimum atomic E-state index is -1.46. The summed E-state index contributed by atoms with van der Waals surface area (Å²) in [6.07, 6.45) is -6.43. The molecule has 2 rings (SSSR count). The van der Waals surface area contributed by atoms with Gasteiger partial charge in [-0.1, -0.05) is 18.2 Å². The number of aliphatic hydroxyl groups is 3. The number of hydrogen-bond acceptors (Lipinski definition) is 7. The zero-order chi connectivity index (χ0) is 15.4. The molecule has 1 aromatic rings. The Morgan fingerprint density at radius 2 is 1.81 bits per heavy atom. The average Bonchev–Trinajstić information content (AvgIpc) is 2.47. The van der Waals surface area contributed by atoms with Gasteiger partial charge in [-0.2, -0.15) is 0 Å². The Morgan fingerprint density at radius 3 is 2.43 bits per heavy atom. The van der Waals surface area contributed by atoms with E-state index in [9.17, 15) is 20.1 Å². The maximum Gasteiger partial charge on any atom is 0.302 e. The van der Waals surface area contributed by atoms with Crippen molar-refractivity contribution in [1.29, 1.82) is 0 Å². The molecule has 7 nitrogen and oxygen atoms in total. The predicted molar refractivity (Wildman–Crippen MR) is 70.4 cm³/mol. The van der Waals surface area contributed by atoms with E-state index >= 15 is 0 Å². The van der Waals surface area contributed by atoms with E-state index in [0.29, 0.717) is 5.75 Å². The third-order valence-corrected chi connectivity index (χ3v) is 3.11. The van der Waals surface area contributed by atoms with Crippen molar-refractivity contribution in [1.82, 2.24) is 0 Å². The van der Waals surface area contributed by atoms with Gasteiger partial charge >= 0.3 is 5.97 Å². The average molecular weight is 298 g/mol. The summed E-state index contributed by atoms with van der Waals surface area (Å²) in [5, 5.41) is 29.5. The van der Waals surface area contributed by atoms with E-state index in [1.54, 1.807) is 30.3 Å². The quantitative estimate of drug-likeness (QED) is 0.640. The number of ether oxygens (including phenoxy) is 3. The van der Waals surface area contributed by atoms with Crippen LogP contribution in [0.25, 0.3) is 0 Å². The molecule has 0 saturated carbocycles. The second kappa shape index (κ2) is 6.86. The van der Waals surface area contributed by atoms with Crippen LogP contribution in [-0.4, -0.2) is 58.6 Å². The molecule has 0 aliphatic carbocycles. The van der Waals surface area contributed by atoms with Crippen LogP contribution in [0.15, 0.2) is 30.3 Å². The van der Waals surface area contributed by atoms with Gasteiger partial charge in [-0.15, -0.1) is 0 Å². The topological polar surface area (TPSA) is 105 Å². The van der Waals surface area contributed by atoms with Gasteiger partial charge in [0.1, 0.15) is 36.8 Å². The standard InChI is InChI=1S/C14H18O7/c1-8(15)19-7-10-11(16)12(17)13(18)14(21-10)20-9-5-3-2-4-6-9/h2-6,10-14,16-18H,7H2,1H3/t10-,11-,12+,13-,14-/m1/s1. The Balaban J connectivity index is 2.04. The van der Waals surface area contributed by atoms with Crippen molar-refractivity contribution < 1.29 is 34.3 Å². The lowest BCUT2D eigenvalue weighted by Crippen LogP contribution is -2.60. The second-order valence-electron chi connectivity index (χ2n) is 4.75. The molecule has 116 valence electrons. The molecular formula is C14H18O7. The lowest BCUT2D eigenvalue weighted by atomic mass is 9.99. The Kier molecular flexibility index (Phi) is 5.13. The van der Waals surface area contributed by atoms with Crippen LogP contribution in [-0.2, 0) is 14.3 Å². The highest BCUT2D eigenvalue weighted by atomic mass is 16.7. The molecule has 0 unspecified atom stereocenters. The van der Waals surface area contributed by atoms with Crippen molar-refractivity contribution in [3.63, 3.8) is 0 Å². The number of aliphatic hydroxyl groups excluding tert-OH is 3. The molecule has 1 aromatic carbocycles. The number of para-hydroxylation sites is 1. The molecule has 0 spiro atoms. The van der Waals surface area contributed by atoms with Crippen LogP contribution in [0.3, 0.4) is 0 Å². The third kappa shape index (κ3) is 3.92. The number of rotatable bonds is 4. The van der Waals surface area contributed by atoms with Crippen molar-refractivity contribution in [3.05, 3.63) is 30.3 Å². The summed E-state index contributed by atoms with van der Waals surface area (Å²) in [5.74, 6) is -0.0942. The summed E-state index contributed by atoms with van der Waals surface area (Å²) < 4.78 is 15.6. The SMILES string of the molecule is CC(=O)OC[C@H]1O[C@@H](Oc2ccccc2)[C@H](O)[C@@H](O)[C@@H]1O. The van der Waals surface area contributed by atoms with Gasteiger partial charge in [0.15, 0.2) is 0 Å². The van der Waals surface area contributed by atoms with Crippen LogP contribution in [0.5, 0.6) is 5.75 Å². The molecule has 5 atom stereocenters. The summed E-state index contributed by atoms with van der Waals surface area (Å²) in [6, 6.07) is 8.61. The number of benzene rings is 1. The number of hydrogen-bond donors (Lipinski definition) is 3. The molecule has 1 aliphatic rings. The summed E-state index contributed by atoms with van der Waals surface area (Å²) in [4.78, 5) is 10.8. The van der Waals surface area contributed by atoms with Crippen molar-refractivity contribution in [2.45, 2.75) is 37.6 Å². The summed E-state index contributed by atoms with van der Waals surface area (Å²) in [7, 11) is 0. The van der Waals surface area contributed by atoms with E-state index < -0.39 is 36.7 Å². The molecule has 0 radical (unpaired) electrons. The smallest absolute Gasteiger partial charge is 0.302 e. The van der Waals surface area contributed by atoms with Crippen LogP contribution in [0.2, 0.25) is 0 Å². The number of esters is 1. The minimum absolute atomic E-state index is 0.241. The maximum atomic E-state index is 10.8. The fourth-order valence-electron chi connectivity index (χ4n) is 1.98. The minimum Gasteiger partial charge on any atom is -0.463 e. The Hall–Kier alpha value is -1.67. The molecule has 7 heteroatoms. The van der Waals surface area contributed by atoms with E-state index in [1.165, 1.54) is 6.92 Å². The largest absolute Gasteiger partial charge is 0.463 e. The van der Waals surface area contributed by atoms with Gasteiger partial charge in [0, 0.05) is 6.92 Å². The van der Waals surface area contributed by atoms with Gasteiger partial charge < -0.3 is 29.5 Å². The normalized spacial score (nSPS) is 32.5. The molecule has 0 aromatic heterocycles. The van der Waals surface area contributed by atoms with Crippen LogP contribution in [0.1, 0.15) is 6.92 Å². The molecule has 0 amide bonds. The molecule has 0 bridgehead atoms. The predicted octanol–water partition coefficient (Wildman–Crippen LogP) is -0.564. The van der Waals surface area contributed by atoms with E-state index in [2.05, 4.69) is 0 Å². The highest BCUT2D eigenvalue weighted by Crippen LogP contribution is 2.24. The van der Waals surface area contributed by atoms with E-state index in [-0.39, 0.29) is 6.61 Å². The molecule has 1 saturated heterocycles. The van der Waals surface area contributed by atoms with E-state index in [1.807, 2.05) is 0 Å². The lowest BCUT2D eigenvalue weighted by molar-refractivity contribution is -0.278. The monoisotopic (exact) mass is 298 g/mol. The van der Waals surface area contributed by atoms with Gasteiger partial charge in [-0.05, 0) is 12.1 Å². The molecular weight excluding hydrogens is 280 g/mol. The van der Waals surface area contributed by atoms with Gasteiger partial charge in [-0.25, -0.2) is 0 Å². The van der Waals surface area contributed by atoms with Crippen molar-refractivity contribution in [2.75, 3.05) is 6.61 Å². The van der Waals surface area contributed by atoms with Gasteiger partial charge in [0.2, 0.25) is 6.29 Å². The van der Waals surface area contributed by atoms with Crippen molar-refractivity contribution >= 4 is 5.97 Å². The van der Waals surface area contributed by atoms with Gasteiger partial charge in [0.05, 0.1) is 0 Å². The highest BCUT2D eigenvalue weighted by Gasteiger charge is 2.45. The first-order valence-electron chi connectivity index (χ1n) is 6.54. The molecule has 21 heavy (non-hydrogen) atoms. The van der Waals surface area contributed by atoms with Crippen LogP contribution in [0, 0.1) is 0 Å². The zero-order valence-corrected chi connectivity index (χ0v) is 11.5. The summed E-state index contributed by atoms with van der Waals surface area (Å²) in [6.45, 7) is 0.980. The van der Waals surface area contributed by atoms with Crippen molar-refractivity contribution in [2.24, 2.45) is 0 Å². The second-order valence-corrected chi connectivity index (χ2v) is 4.75. The maximum absolute atomic E-state index is 10.8. The van der Waals surface area contributed by atoms with E-state index in [4.69, 9.17) is 14.2 Å². The van der Waals surface area contributed by atoms with Crippen LogP contribution < -0.4 is 4.74 Å². The number of carbonyl (C=O) groups is 1. The van der Waals surface area contributed by atoms with Crippen molar-refractivity contribution in [3.8, 4) is 5.75 Å². The van der Waals surface area contributed by atoms with Crippen LogP contribution in [0.4, 0.5) is 0 Å². The first-order chi connectivity index (χ1) is 9.99. The third-order valence-electron chi connectivity index (χ3n) is 3.11. The summed E-state index contributed by atoms with van der Waals surface area (Å²) in [5.41, 5.74) is 0. The fourth-order valence-corrected chi connectivity index (χ4v) is 1.98. The van der Waals surface area contributed by atoms with E-state index in [0.717, 1.165) is 0 Å². The Morgan fingerprint density at radius 1 is 1.14 bits per heavy atom. The van der Waals surface area contributed by atoms with Gasteiger partial charge in [-0.3, -0.25) is 4.79 Å². The van der Waals surface area contributed by atoms with Crippen LogP contribution >= 0.6 is 0 Å². The lowest BCUT2D eigenvalue weighted by Gasteiger charge is -2.39. The molecule has 3 N–H and O–H groups in total. The van der Waals surface area contributed by atoms with Gasteiger partial charge in [0.25, 0.3) is 0 Å². The Labute approximate surface area is 121 Å². The first kappa shape index (κ1) is 15.7. The molecule has 1 aliphatic heterocycles. The number of carbonyl (C=O) groups excluding carboxylic acids is 1. The molecule has 1 heterocycles. The highest BCUT2D eigenvalue weighted by molar-refractivity contribution is 5.65. The molecule has 1 fully saturated rings. The first-order valence-corrected chi connectivity index (χ1v) is 6.54. The zero-order valence-electron chi connectivity index (χ0n) is 11.5. The summed E-state index contributed by atoms with van der Waals surface area (Å²) >= 11 is 0. The fraction of sp³-hybridized carbons (Fsp3) is 0.500. The Bertz CT molecular complexity index is 464.